The lowest BCUT2D eigenvalue weighted by molar-refractivity contribution is 0.112. The third-order valence-electron chi connectivity index (χ3n) is 5.05. The molecule has 0 radical (unpaired) electrons. The van der Waals surface area contributed by atoms with E-state index in [0.717, 1.165) is 48.9 Å². The second-order valence-electron chi connectivity index (χ2n) is 6.81. The van der Waals surface area contributed by atoms with Crippen molar-refractivity contribution < 1.29 is 14.3 Å². The number of nitrogens with zero attached hydrogens (tertiary/aromatic N) is 2. The molecule has 5 nitrogen and oxygen atoms in total. The summed E-state index contributed by atoms with van der Waals surface area (Å²) in [6.07, 6.45) is 2.72. The smallest absolute Gasteiger partial charge is 0.162 e. The van der Waals surface area contributed by atoms with Gasteiger partial charge in [-0.2, -0.15) is 0 Å². The Labute approximate surface area is 168 Å². The van der Waals surface area contributed by atoms with Crippen molar-refractivity contribution in [1.82, 2.24) is 4.98 Å². The lowest BCUT2D eigenvalue weighted by Crippen LogP contribution is -2.38. The highest BCUT2D eigenvalue weighted by Crippen LogP contribution is 2.32. The topological polar surface area (TPSA) is 51.7 Å². The Bertz CT molecular complexity index is 1000. The number of hydrogen-bond acceptors (Lipinski definition) is 5. The number of anilines is 1. The normalized spacial score (nSPS) is 14.9. The summed E-state index contributed by atoms with van der Waals surface area (Å²) in [5, 5.41) is 1.59. The minimum absolute atomic E-state index is 0.109. The number of rotatable bonds is 5. The highest BCUT2D eigenvalue weighted by molar-refractivity contribution is 6.30. The van der Waals surface area contributed by atoms with Crippen LogP contribution < -0.4 is 14.4 Å². The number of para-hydroxylation sites is 1. The van der Waals surface area contributed by atoms with Gasteiger partial charge in [0, 0.05) is 48.0 Å². The van der Waals surface area contributed by atoms with Crippen LogP contribution in [0.15, 0.2) is 48.5 Å². The molecule has 0 spiro atoms. The van der Waals surface area contributed by atoms with Gasteiger partial charge in [-0.3, -0.25) is 4.79 Å². The highest BCUT2D eigenvalue weighted by Gasteiger charge is 2.23. The first-order valence-corrected chi connectivity index (χ1v) is 9.66. The van der Waals surface area contributed by atoms with Crippen molar-refractivity contribution in [1.29, 1.82) is 0 Å². The molecule has 144 valence electrons. The zero-order valence-corrected chi connectivity index (χ0v) is 16.4. The van der Waals surface area contributed by atoms with Gasteiger partial charge in [0.25, 0.3) is 0 Å². The molecular weight excluding hydrogens is 376 g/mol. The number of ether oxygens (including phenoxy) is 2. The van der Waals surface area contributed by atoms with Gasteiger partial charge in [0.05, 0.1) is 12.6 Å². The maximum Gasteiger partial charge on any atom is 0.162 e. The zero-order valence-electron chi connectivity index (χ0n) is 15.6. The fourth-order valence-electron chi connectivity index (χ4n) is 3.55. The van der Waals surface area contributed by atoms with Crippen LogP contribution in [-0.4, -0.2) is 37.6 Å². The fourth-order valence-corrected chi connectivity index (χ4v) is 3.71. The van der Waals surface area contributed by atoms with Crippen molar-refractivity contribution in [3.8, 4) is 11.5 Å². The summed E-state index contributed by atoms with van der Waals surface area (Å²) in [6.45, 7) is 1.67. The van der Waals surface area contributed by atoms with Crippen LogP contribution >= 0.6 is 11.6 Å². The lowest BCUT2D eigenvalue weighted by Gasteiger charge is -2.33. The number of pyridine rings is 1. The number of carbonyl (C=O) groups excluding carboxylic acids is 1. The van der Waals surface area contributed by atoms with E-state index >= 15 is 0 Å². The number of hydrogen-bond donors (Lipinski definition) is 0. The summed E-state index contributed by atoms with van der Waals surface area (Å²) >= 11 is 6.02. The van der Waals surface area contributed by atoms with Gasteiger partial charge in [0.1, 0.15) is 11.9 Å². The van der Waals surface area contributed by atoms with E-state index in [0.29, 0.717) is 22.1 Å². The van der Waals surface area contributed by atoms with Crippen molar-refractivity contribution in [2.24, 2.45) is 0 Å². The molecule has 1 saturated heterocycles. The average Bonchev–Trinajstić information content (AvgIpc) is 2.74. The number of piperidine rings is 1. The van der Waals surface area contributed by atoms with Crippen molar-refractivity contribution in [2.75, 3.05) is 25.1 Å². The van der Waals surface area contributed by atoms with Crippen LogP contribution in [0.2, 0.25) is 5.02 Å². The fraction of sp³-hybridized carbons (Fsp3) is 0.273. The van der Waals surface area contributed by atoms with E-state index in [1.165, 1.54) is 0 Å². The first kappa shape index (κ1) is 18.6. The number of benzene rings is 2. The number of aldehydes is 1. The molecule has 0 N–H and O–H groups in total. The number of methoxy groups -OCH3 is 1. The molecule has 1 aromatic heterocycles. The Balaban J connectivity index is 1.46. The van der Waals surface area contributed by atoms with Crippen LogP contribution in [0.4, 0.5) is 5.82 Å². The van der Waals surface area contributed by atoms with E-state index in [9.17, 15) is 4.79 Å². The molecule has 28 heavy (non-hydrogen) atoms. The van der Waals surface area contributed by atoms with Gasteiger partial charge in [-0.05, 0) is 30.3 Å². The van der Waals surface area contributed by atoms with E-state index in [4.69, 9.17) is 26.1 Å². The molecule has 0 amide bonds. The average molecular weight is 397 g/mol. The minimum atomic E-state index is 0.109. The summed E-state index contributed by atoms with van der Waals surface area (Å²) in [5.41, 5.74) is 1.37. The predicted molar refractivity (Wildman–Crippen MR) is 111 cm³/mol. The molecular formula is C22H21ClN2O3. The van der Waals surface area contributed by atoms with Crippen LogP contribution in [0.3, 0.4) is 0 Å². The molecule has 4 rings (SSSR count). The van der Waals surface area contributed by atoms with Crippen molar-refractivity contribution >= 4 is 34.6 Å². The Kier molecular flexibility index (Phi) is 5.35. The Morgan fingerprint density at radius 2 is 1.93 bits per heavy atom. The third-order valence-corrected chi connectivity index (χ3v) is 5.28. The van der Waals surface area contributed by atoms with Gasteiger partial charge in [-0.15, -0.1) is 0 Å². The molecule has 3 aromatic rings. The summed E-state index contributed by atoms with van der Waals surface area (Å²) in [4.78, 5) is 18.3. The molecule has 0 aliphatic carbocycles. The molecule has 0 saturated carbocycles. The van der Waals surface area contributed by atoms with Crippen molar-refractivity contribution in [3.63, 3.8) is 0 Å². The molecule has 0 unspecified atom stereocenters. The van der Waals surface area contributed by atoms with Crippen LogP contribution in [0.25, 0.3) is 10.9 Å². The lowest BCUT2D eigenvalue weighted by atomic mass is 10.1. The number of aromatic nitrogens is 1. The van der Waals surface area contributed by atoms with E-state index < -0.39 is 0 Å². The van der Waals surface area contributed by atoms with Gasteiger partial charge in [-0.1, -0.05) is 23.7 Å². The predicted octanol–water partition coefficient (Wildman–Crippen LogP) is 4.76. The summed E-state index contributed by atoms with van der Waals surface area (Å²) in [7, 11) is 1.61. The SMILES string of the molecule is COc1cc(Cl)ccc1OC1CCN(c2ccc3cccc(C=O)c3n2)CC1. The van der Waals surface area contributed by atoms with Crippen LogP contribution in [-0.2, 0) is 0 Å². The van der Waals surface area contributed by atoms with E-state index in [1.54, 1.807) is 25.3 Å². The van der Waals surface area contributed by atoms with Gasteiger partial charge in [-0.25, -0.2) is 4.98 Å². The molecule has 2 heterocycles. The van der Waals surface area contributed by atoms with Gasteiger partial charge in [0.2, 0.25) is 0 Å². The monoisotopic (exact) mass is 396 g/mol. The molecule has 6 heteroatoms. The van der Waals surface area contributed by atoms with Crippen LogP contribution in [0.5, 0.6) is 11.5 Å². The third kappa shape index (κ3) is 3.76. The first-order chi connectivity index (χ1) is 13.7. The van der Waals surface area contributed by atoms with Crippen LogP contribution in [0.1, 0.15) is 23.2 Å². The molecule has 0 bridgehead atoms. The maximum absolute atomic E-state index is 11.3. The molecule has 2 aromatic carbocycles. The van der Waals surface area contributed by atoms with E-state index in [1.807, 2.05) is 30.3 Å². The Morgan fingerprint density at radius 3 is 2.68 bits per heavy atom. The number of carbonyl (C=O) groups is 1. The minimum Gasteiger partial charge on any atom is -0.493 e. The van der Waals surface area contributed by atoms with Gasteiger partial charge < -0.3 is 14.4 Å². The van der Waals surface area contributed by atoms with Gasteiger partial charge in [0.15, 0.2) is 17.8 Å². The summed E-state index contributed by atoms with van der Waals surface area (Å²) in [6, 6.07) is 15.1. The molecule has 1 aliphatic heterocycles. The Morgan fingerprint density at radius 1 is 1.11 bits per heavy atom. The van der Waals surface area contributed by atoms with E-state index in [-0.39, 0.29) is 6.10 Å². The largest absolute Gasteiger partial charge is 0.493 e. The summed E-state index contributed by atoms with van der Waals surface area (Å²) in [5.74, 6) is 2.25. The van der Waals surface area contributed by atoms with Gasteiger partial charge >= 0.3 is 0 Å². The number of halogens is 1. The molecule has 0 atom stereocenters. The molecule has 1 fully saturated rings. The molecule has 1 aliphatic rings. The van der Waals surface area contributed by atoms with Crippen molar-refractivity contribution in [2.45, 2.75) is 18.9 Å². The first-order valence-electron chi connectivity index (χ1n) is 9.28. The summed E-state index contributed by atoms with van der Waals surface area (Å²) < 4.78 is 11.5. The quantitative estimate of drug-likeness (QED) is 0.582. The van der Waals surface area contributed by atoms with E-state index in [2.05, 4.69) is 4.90 Å². The maximum atomic E-state index is 11.3. The number of fused-ring (bicyclic) bond motifs is 1. The zero-order chi connectivity index (χ0) is 19.5. The second-order valence-corrected chi connectivity index (χ2v) is 7.24. The standard InChI is InChI=1S/C22H21ClN2O3/c1-27-20-13-17(23)6-7-19(20)28-18-9-11-25(12-10-18)21-8-5-15-3-2-4-16(14-26)22(15)24-21/h2-8,13-14,18H,9-12H2,1H3. The van der Waals surface area contributed by atoms with Crippen molar-refractivity contribution in [3.05, 3.63) is 59.1 Å². The second kappa shape index (κ2) is 8.07. The highest BCUT2D eigenvalue weighted by atomic mass is 35.5. The van der Waals surface area contributed by atoms with Crippen LogP contribution in [0, 0.1) is 0 Å². The Hall–Kier alpha value is -2.79.